The summed E-state index contributed by atoms with van der Waals surface area (Å²) < 4.78 is 10.4. The Kier molecular flexibility index (Phi) is 6.71. The second-order valence-electron chi connectivity index (χ2n) is 5.58. The summed E-state index contributed by atoms with van der Waals surface area (Å²) in [6.07, 6.45) is -0.646. The Balaban J connectivity index is 2.25. The molecule has 0 radical (unpaired) electrons. The molecular formula is C13H26N2O4. The number of carbonyl (C=O) groups is 1. The molecule has 0 bridgehead atoms. The number of aliphatic hydroxyl groups is 1. The highest BCUT2D eigenvalue weighted by Crippen LogP contribution is 2.15. The highest BCUT2D eigenvalue weighted by atomic mass is 16.5. The second kappa shape index (κ2) is 7.79. The van der Waals surface area contributed by atoms with Crippen molar-refractivity contribution in [1.82, 2.24) is 10.2 Å². The maximum Gasteiger partial charge on any atom is 0.312 e. The lowest BCUT2D eigenvalue weighted by Gasteiger charge is -2.29. The SMILES string of the molecule is CNCC(C)(C)C(=O)OCC(O)CN1CCOCC1. The first-order valence-electron chi connectivity index (χ1n) is 6.75. The van der Waals surface area contributed by atoms with Gasteiger partial charge in [0.15, 0.2) is 0 Å². The van der Waals surface area contributed by atoms with Crippen LogP contribution in [0.2, 0.25) is 0 Å². The van der Waals surface area contributed by atoms with Crippen LogP contribution in [0.3, 0.4) is 0 Å². The lowest BCUT2D eigenvalue weighted by molar-refractivity contribution is -0.157. The van der Waals surface area contributed by atoms with E-state index < -0.39 is 11.5 Å². The topological polar surface area (TPSA) is 71.0 Å². The Morgan fingerprint density at radius 2 is 2.11 bits per heavy atom. The van der Waals surface area contributed by atoms with E-state index in [4.69, 9.17) is 9.47 Å². The van der Waals surface area contributed by atoms with Crippen LogP contribution in [-0.2, 0) is 14.3 Å². The number of aliphatic hydroxyl groups excluding tert-OH is 1. The molecule has 112 valence electrons. The lowest BCUT2D eigenvalue weighted by atomic mass is 9.94. The van der Waals surface area contributed by atoms with Gasteiger partial charge in [-0.3, -0.25) is 9.69 Å². The van der Waals surface area contributed by atoms with Crippen molar-refractivity contribution >= 4 is 5.97 Å². The van der Waals surface area contributed by atoms with Crippen LogP contribution in [-0.4, -0.2) is 75.1 Å². The smallest absolute Gasteiger partial charge is 0.312 e. The molecule has 1 heterocycles. The molecule has 6 heteroatoms. The summed E-state index contributed by atoms with van der Waals surface area (Å²) in [7, 11) is 1.79. The fourth-order valence-electron chi connectivity index (χ4n) is 2.02. The molecule has 1 atom stereocenters. The maximum atomic E-state index is 11.8. The van der Waals surface area contributed by atoms with E-state index >= 15 is 0 Å². The lowest BCUT2D eigenvalue weighted by Crippen LogP contribution is -2.43. The summed E-state index contributed by atoms with van der Waals surface area (Å²) in [5, 5.41) is 12.8. The largest absolute Gasteiger partial charge is 0.462 e. The van der Waals surface area contributed by atoms with Crippen molar-refractivity contribution in [1.29, 1.82) is 0 Å². The quantitative estimate of drug-likeness (QED) is 0.608. The molecule has 1 saturated heterocycles. The van der Waals surface area contributed by atoms with E-state index in [2.05, 4.69) is 10.2 Å². The van der Waals surface area contributed by atoms with Gasteiger partial charge in [0, 0.05) is 26.2 Å². The van der Waals surface area contributed by atoms with Gasteiger partial charge < -0.3 is 19.9 Å². The fraction of sp³-hybridized carbons (Fsp3) is 0.923. The molecule has 19 heavy (non-hydrogen) atoms. The summed E-state index contributed by atoms with van der Waals surface area (Å²) in [6.45, 7) is 7.77. The van der Waals surface area contributed by atoms with Gasteiger partial charge in [0.1, 0.15) is 12.7 Å². The van der Waals surface area contributed by atoms with Crippen LogP contribution >= 0.6 is 0 Å². The van der Waals surface area contributed by atoms with Crippen molar-refractivity contribution in [2.24, 2.45) is 5.41 Å². The number of nitrogens with zero attached hydrogens (tertiary/aromatic N) is 1. The number of esters is 1. The van der Waals surface area contributed by atoms with Crippen molar-refractivity contribution < 1.29 is 19.4 Å². The molecular weight excluding hydrogens is 248 g/mol. The molecule has 0 aliphatic carbocycles. The normalized spacial score (nSPS) is 19.2. The third-order valence-corrected chi connectivity index (χ3v) is 3.15. The number of morpholine rings is 1. The summed E-state index contributed by atoms with van der Waals surface area (Å²) in [5.41, 5.74) is -0.576. The highest BCUT2D eigenvalue weighted by Gasteiger charge is 2.29. The predicted octanol–water partition coefficient (Wildman–Crippen LogP) is -0.532. The van der Waals surface area contributed by atoms with Crippen molar-refractivity contribution in [2.75, 3.05) is 53.0 Å². The van der Waals surface area contributed by atoms with Gasteiger partial charge >= 0.3 is 5.97 Å². The van der Waals surface area contributed by atoms with E-state index in [0.717, 1.165) is 13.1 Å². The third kappa shape index (κ3) is 5.86. The maximum absolute atomic E-state index is 11.8. The first-order chi connectivity index (χ1) is 8.95. The molecule has 1 aliphatic heterocycles. The summed E-state index contributed by atoms with van der Waals surface area (Å²) in [6, 6.07) is 0. The average Bonchev–Trinajstić information content (AvgIpc) is 2.37. The molecule has 0 amide bonds. The van der Waals surface area contributed by atoms with Crippen LogP contribution in [0.5, 0.6) is 0 Å². The van der Waals surface area contributed by atoms with Gasteiger partial charge in [-0.25, -0.2) is 0 Å². The first-order valence-corrected chi connectivity index (χ1v) is 6.75. The number of β-amino-alcohol motifs (C(OH)–C–C–N with tert-alkyl or cyclic N) is 1. The van der Waals surface area contributed by atoms with Crippen molar-refractivity contribution in [3.63, 3.8) is 0 Å². The van der Waals surface area contributed by atoms with Crippen LogP contribution < -0.4 is 5.32 Å². The van der Waals surface area contributed by atoms with E-state index in [1.807, 2.05) is 13.8 Å². The van der Waals surface area contributed by atoms with Crippen molar-refractivity contribution in [3.8, 4) is 0 Å². The Morgan fingerprint density at radius 1 is 1.47 bits per heavy atom. The monoisotopic (exact) mass is 274 g/mol. The average molecular weight is 274 g/mol. The van der Waals surface area contributed by atoms with Crippen LogP contribution in [0.25, 0.3) is 0 Å². The molecule has 1 aliphatic rings. The van der Waals surface area contributed by atoms with Gasteiger partial charge in [0.25, 0.3) is 0 Å². The summed E-state index contributed by atoms with van der Waals surface area (Å²) >= 11 is 0. The molecule has 1 unspecified atom stereocenters. The zero-order valence-electron chi connectivity index (χ0n) is 12.1. The number of hydrogen-bond donors (Lipinski definition) is 2. The standard InChI is InChI=1S/C13H26N2O4/c1-13(2,10-14-3)12(17)19-9-11(16)8-15-4-6-18-7-5-15/h11,14,16H,4-10H2,1-3H3. The number of rotatable bonds is 7. The van der Waals surface area contributed by atoms with Gasteiger partial charge in [-0.1, -0.05) is 0 Å². The molecule has 0 aromatic rings. The fourth-order valence-corrected chi connectivity index (χ4v) is 2.02. The zero-order valence-corrected chi connectivity index (χ0v) is 12.1. The molecule has 0 spiro atoms. The van der Waals surface area contributed by atoms with Crippen LogP contribution in [0, 0.1) is 5.41 Å². The Labute approximate surface area is 115 Å². The van der Waals surface area contributed by atoms with E-state index in [-0.39, 0.29) is 12.6 Å². The van der Waals surface area contributed by atoms with Crippen LogP contribution in [0.15, 0.2) is 0 Å². The molecule has 0 aromatic carbocycles. The van der Waals surface area contributed by atoms with Gasteiger partial charge in [-0.15, -0.1) is 0 Å². The van der Waals surface area contributed by atoms with Crippen LogP contribution in [0.1, 0.15) is 13.8 Å². The van der Waals surface area contributed by atoms with E-state index in [1.54, 1.807) is 7.05 Å². The second-order valence-corrected chi connectivity index (χ2v) is 5.58. The minimum Gasteiger partial charge on any atom is -0.462 e. The van der Waals surface area contributed by atoms with Gasteiger partial charge in [0.2, 0.25) is 0 Å². The minimum absolute atomic E-state index is 0.0450. The van der Waals surface area contributed by atoms with E-state index in [1.165, 1.54) is 0 Å². The van der Waals surface area contributed by atoms with Gasteiger partial charge in [0.05, 0.1) is 18.6 Å². The molecule has 0 aromatic heterocycles. The number of carbonyl (C=O) groups excluding carboxylic acids is 1. The molecule has 2 N–H and O–H groups in total. The summed E-state index contributed by atoms with van der Waals surface area (Å²) in [5.74, 6) is -0.289. The van der Waals surface area contributed by atoms with Gasteiger partial charge in [-0.2, -0.15) is 0 Å². The zero-order chi connectivity index (χ0) is 14.3. The third-order valence-electron chi connectivity index (χ3n) is 3.15. The van der Waals surface area contributed by atoms with Gasteiger partial charge in [-0.05, 0) is 20.9 Å². The Morgan fingerprint density at radius 3 is 2.68 bits per heavy atom. The minimum atomic E-state index is -0.646. The molecule has 0 saturated carbocycles. The van der Waals surface area contributed by atoms with E-state index in [0.29, 0.717) is 26.3 Å². The molecule has 6 nitrogen and oxygen atoms in total. The van der Waals surface area contributed by atoms with Crippen LogP contribution in [0.4, 0.5) is 0 Å². The first kappa shape index (κ1) is 16.4. The van der Waals surface area contributed by atoms with E-state index in [9.17, 15) is 9.90 Å². The molecule has 1 rings (SSSR count). The number of nitrogens with one attached hydrogen (secondary N) is 1. The predicted molar refractivity (Wildman–Crippen MR) is 71.9 cm³/mol. The van der Waals surface area contributed by atoms with Crippen molar-refractivity contribution in [2.45, 2.75) is 20.0 Å². The Hall–Kier alpha value is -0.690. The Bertz CT molecular complexity index is 278. The number of ether oxygens (including phenoxy) is 2. The molecule has 1 fully saturated rings. The summed E-state index contributed by atoms with van der Waals surface area (Å²) in [4.78, 5) is 14.0. The van der Waals surface area contributed by atoms with Crippen molar-refractivity contribution in [3.05, 3.63) is 0 Å². The number of hydrogen-bond acceptors (Lipinski definition) is 6. The highest BCUT2D eigenvalue weighted by molar-refractivity contribution is 5.76.